The van der Waals surface area contributed by atoms with Gasteiger partial charge in [0.2, 0.25) is 0 Å². The lowest BCUT2D eigenvalue weighted by Gasteiger charge is -2.23. The summed E-state index contributed by atoms with van der Waals surface area (Å²) in [5, 5.41) is 8.93. The fourth-order valence-electron chi connectivity index (χ4n) is 1.57. The zero-order chi connectivity index (χ0) is 16.3. The third-order valence-corrected chi connectivity index (χ3v) is 2.65. The van der Waals surface area contributed by atoms with Crippen LogP contribution in [0.4, 0.5) is 0 Å². The van der Waals surface area contributed by atoms with Crippen LogP contribution in [0, 0.1) is 5.92 Å². The maximum atomic E-state index is 8.93. The summed E-state index contributed by atoms with van der Waals surface area (Å²) in [7, 11) is 0. The third kappa shape index (κ3) is 11.3. The Morgan fingerprint density at radius 3 is 2.10 bits per heavy atom. The van der Waals surface area contributed by atoms with Gasteiger partial charge in [-0.25, -0.2) is 0 Å². The molecule has 0 radical (unpaired) electrons. The van der Waals surface area contributed by atoms with E-state index in [0.717, 1.165) is 18.3 Å². The van der Waals surface area contributed by atoms with Gasteiger partial charge in [-0.15, -0.1) is 0 Å². The van der Waals surface area contributed by atoms with Crippen molar-refractivity contribution in [1.82, 2.24) is 0 Å². The van der Waals surface area contributed by atoms with E-state index in [1.807, 2.05) is 58.0 Å². The van der Waals surface area contributed by atoms with Crippen molar-refractivity contribution in [2.75, 3.05) is 13.2 Å². The van der Waals surface area contributed by atoms with Crippen molar-refractivity contribution < 1.29 is 14.6 Å². The number of para-hydroxylation sites is 1. The summed E-state index contributed by atoms with van der Waals surface area (Å²) in [6.45, 7) is 13.2. The maximum absolute atomic E-state index is 8.93. The van der Waals surface area contributed by atoms with Gasteiger partial charge in [0.25, 0.3) is 0 Å². The van der Waals surface area contributed by atoms with E-state index in [4.69, 9.17) is 14.6 Å². The minimum absolute atomic E-state index is 0.0158. The van der Waals surface area contributed by atoms with Crippen molar-refractivity contribution in [3.8, 4) is 5.75 Å². The number of benzene rings is 1. The van der Waals surface area contributed by atoms with Crippen molar-refractivity contribution in [3.63, 3.8) is 0 Å². The van der Waals surface area contributed by atoms with Gasteiger partial charge in [0.05, 0.1) is 19.3 Å². The number of epoxide rings is 1. The molecule has 1 aliphatic heterocycles. The second-order valence-electron chi connectivity index (χ2n) is 5.92. The van der Waals surface area contributed by atoms with Gasteiger partial charge < -0.3 is 14.6 Å². The monoisotopic (exact) mass is 296 g/mol. The largest absolute Gasteiger partial charge is 0.485 e. The first-order chi connectivity index (χ1) is 9.93. The summed E-state index contributed by atoms with van der Waals surface area (Å²) >= 11 is 0. The van der Waals surface area contributed by atoms with Crippen molar-refractivity contribution in [3.05, 3.63) is 30.3 Å². The quantitative estimate of drug-likeness (QED) is 0.824. The van der Waals surface area contributed by atoms with Gasteiger partial charge in [-0.2, -0.15) is 0 Å². The van der Waals surface area contributed by atoms with Crippen molar-refractivity contribution in [2.45, 2.75) is 59.7 Å². The van der Waals surface area contributed by atoms with Crippen LogP contribution in [0.3, 0.4) is 0 Å². The summed E-state index contributed by atoms with van der Waals surface area (Å²) in [5.74, 6) is 1.60. The molecule has 1 fully saturated rings. The smallest absolute Gasteiger partial charge is 0.126 e. The summed E-state index contributed by atoms with van der Waals surface area (Å²) in [5.41, 5.74) is -0.499. The Kier molecular flexibility index (Phi) is 10.1. The van der Waals surface area contributed by atoms with Gasteiger partial charge >= 0.3 is 0 Å². The van der Waals surface area contributed by atoms with Crippen LogP contribution >= 0.6 is 0 Å². The second kappa shape index (κ2) is 10.6. The molecule has 1 aliphatic rings. The van der Waals surface area contributed by atoms with E-state index in [-0.39, 0.29) is 6.61 Å². The molecule has 1 saturated heterocycles. The standard InChI is InChI=1S/C10H14O2.C6H12O.C2H6/c1-10(2,8-11)12-9-6-4-3-5-7-9;1-5(2)3-6-4-7-6;1-2/h3-7,11H,8H2,1-2H3;5-6H,3-4H2,1-2H3;1-2H3. The molecule has 1 aromatic rings. The number of hydrogen-bond donors (Lipinski definition) is 1. The van der Waals surface area contributed by atoms with E-state index in [2.05, 4.69) is 13.8 Å². The highest BCUT2D eigenvalue weighted by Gasteiger charge is 2.22. The molecule has 1 aromatic carbocycles. The molecule has 0 saturated carbocycles. The van der Waals surface area contributed by atoms with Crippen LogP contribution in [0.2, 0.25) is 0 Å². The Morgan fingerprint density at radius 2 is 1.76 bits per heavy atom. The van der Waals surface area contributed by atoms with E-state index >= 15 is 0 Å². The zero-order valence-electron chi connectivity index (χ0n) is 14.4. The minimum Gasteiger partial charge on any atom is -0.485 e. The SMILES string of the molecule is CC.CC(C)(CO)Oc1ccccc1.CC(C)CC1CO1. The molecule has 21 heavy (non-hydrogen) atoms. The molecule has 0 bridgehead atoms. The number of hydrogen-bond acceptors (Lipinski definition) is 3. The molecule has 0 aliphatic carbocycles. The molecule has 1 N–H and O–H groups in total. The Balaban J connectivity index is 0.000000377. The third-order valence-electron chi connectivity index (χ3n) is 2.65. The first-order valence-electron chi connectivity index (χ1n) is 7.89. The Labute approximate surface area is 130 Å². The van der Waals surface area contributed by atoms with Crippen molar-refractivity contribution >= 4 is 0 Å². The Morgan fingerprint density at radius 1 is 1.24 bits per heavy atom. The van der Waals surface area contributed by atoms with E-state index in [1.165, 1.54) is 6.42 Å². The van der Waals surface area contributed by atoms with Gasteiger partial charge in [0.1, 0.15) is 11.4 Å². The molecule has 3 heteroatoms. The molecule has 3 nitrogen and oxygen atoms in total. The fraction of sp³-hybridized carbons (Fsp3) is 0.667. The highest BCUT2D eigenvalue weighted by molar-refractivity contribution is 5.21. The first kappa shape index (κ1) is 19.9. The highest BCUT2D eigenvalue weighted by atomic mass is 16.6. The van der Waals surface area contributed by atoms with Crippen LogP contribution in [-0.2, 0) is 4.74 Å². The lowest BCUT2D eigenvalue weighted by Crippen LogP contribution is -2.32. The number of aliphatic hydroxyl groups excluding tert-OH is 1. The fourth-order valence-corrected chi connectivity index (χ4v) is 1.57. The molecule has 1 atom stereocenters. The molecule has 1 heterocycles. The molecular weight excluding hydrogens is 264 g/mol. The lowest BCUT2D eigenvalue weighted by atomic mass is 10.1. The van der Waals surface area contributed by atoms with E-state index in [1.54, 1.807) is 0 Å². The molecule has 0 aromatic heterocycles. The second-order valence-corrected chi connectivity index (χ2v) is 5.92. The minimum atomic E-state index is -0.499. The molecule has 122 valence electrons. The van der Waals surface area contributed by atoms with Crippen LogP contribution < -0.4 is 4.74 Å². The maximum Gasteiger partial charge on any atom is 0.126 e. The molecule has 0 spiro atoms. The van der Waals surface area contributed by atoms with Gasteiger partial charge in [-0.1, -0.05) is 45.9 Å². The molecule has 0 amide bonds. The van der Waals surface area contributed by atoms with Crippen LogP contribution in [0.5, 0.6) is 5.75 Å². The van der Waals surface area contributed by atoms with Crippen LogP contribution in [0.1, 0.15) is 48.0 Å². The average Bonchev–Trinajstić information content (AvgIpc) is 3.26. The van der Waals surface area contributed by atoms with Gasteiger partial charge in [-0.05, 0) is 38.3 Å². The first-order valence-corrected chi connectivity index (χ1v) is 7.89. The van der Waals surface area contributed by atoms with Crippen LogP contribution in [-0.4, -0.2) is 30.0 Å². The normalized spacial score (nSPS) is 16.3. The van der Waals surface area contributed by atoms with Gasteiger partial charge in [0.15, 0.2) is 0 Å². The summed E-state index contributed by atoms with van der Waals surface area (Å²) < 4.78 is 10.5. The lowest BCUT2D eigenvalue weighted by molar-refractivity contribution is 0.0412. The zero-order valence-corrected chi connectivity index (χ0v) is 14.4. The summed E-state index contributed by atoms with van der Waals surface area (Å²) in [6.07, 6.45) is 1.87. The van der Waals surface area contributed by atoms with E-state index in [0.29, 0.717) is 6.10 Å². The van der Waals surface area contributed by atoms with Crippen molar-refractivity contribution in [2.24, 2.45) is 5.92 Å². The van der Waals surface area contributed by atoms with E-state index < -0.39 is 5.60 Å². The molecular formula is C18H32O3. The highest BCUT2D eigenvalue weighted by Crippen LogP contribution is 2.18. The summed E-state index contributed by atoms with van der Waals surface area (Å²) in [6, 6.07) is 9.49. The average molecular weight is 296 g/mol. The van der Waals surface area contributed by atoms with Crippen LogP contribution in [0.15, 0.2) is 30.3 Å². The number of aliphatic hydroxyl groups is 1. The Bertz CT molecular complexity index is 343. The van der Waals surface area contributed by atoms with Crippen molar-refractivity contribution in [1.29, 1.82) is 0 Å². The predicted octanol–water partition coefficient (Wildman–Crippen LogP) is 4.29. The molecule has 2 rings (SSSR count). The molecule has 1 unspecified atom stereocenters. The topological polar surface area (TPSA) is 42.0 Å². The van der Waals surface area contributed by atoms with Gasteiger partial charge in [0, 0.05) is 0 Å². The number of ether oxygens (including phenoxy) is 2. The predicted molar refractivity (Wildman–Crippen MR) is 88.8 cm³/mol. The van der Waals surface area contributed by atoms with Gasteiger partial charge in [-0.3, -0.25) is 0 Å². The summed E-state index contributed by atoms with van der Waals surface area (Å²) in [4.78, 5) is 0. The Hall–Kier alpha value is -1.06. The van der Waals surface area contributed by atoms with E-state index in [9.17, 15) is 0 Å². The number of rotatable bonds is 5. The van der Waals surface area contributed by atoms with Crippen LogP contribution in [0.25, 0.3) is 0 Å².